The maximum Gasteiger partial charge on any atom is 0.182 e. The maximum atomic E-state index is 14.3. The Morgan fingerprint density at radius 3 is 2.90 bits per heavy atom. The van der Waals surface area contributed by atoms with E-state index in [0.29, 0.717) is 16.4 Å². The molecule has 1 aromatic carbocycles. The molecular formula is C17H21FO2S. The van der Waals surface area contributed by atoms with E-state index in [2.05, 4.69) is 13.0 Å². The lowest BCUT2D eigenvalue weighted by molar-refractivity contribution is -0.0175. The Labute approximate surface area is 128 Å². The number of rotatable bonds is 4. The molecule has 1 fully saturated rings. The van der Waals surface area contributed by atoms with Crippen molar-refractivity contribution in [2.75, 3.05) is 13.7 Å². The summed E-state index contributed by atoms with van der Waals surface area (Å²) in [5.74, 6) is 0.742. The molecule has 1 saturated heterocycles. The Hall–Kier alpha value is -1.13. The molecule has 0 radical (unpaired) electrons. The van der Waals surface area contributed by atoms with Gasteiger partial charge in [-0.2, -0.15) is 0 Å². The van der Waals surface area contributed by atoms with Gasteiger partial charge in [-0.3, -0.25) is 0 Å². The number of methoxy groups -OCH3 is 1. The second-order valence-electron chi connectivity index (χ2n) is 5.70. The average molecular weight is 308 g/mol. The lowest BCUT2D eigenvalue weighted by Gasteiger charge is -2.28. The van der Waals surface area contributed by atoms with Gasteiger partial charge < -0.3 is 9.47 Å². The lowest BCUT2D eigenvalue weighted by atomic mass is 9.94. The van der Waals surface area contributed by atoms with E-state index < -0.39 is 0 Å². The molecule has 2 heterocycles. The molecule has 114 valence electrons. The predicted octanol–water partition coefficient (Wildman–Crippen LogP) is 5.32. The Balaban J connectivity index is 1.81. The van der Waals surface area contributed by atoms with E-state index in [1.165, 1.54) is 37.7 Å². The minimum absolute atomic E-state index is 0.126. The van der Waals surface area contributed by atoms with Crippen LogP contribution in [-0.4, -0.2) is 13.7 Å². The van der Waals surface area contributed by atoms with Crippen molar-refractivity contribution in [3.63, 3.8) is 0 Å². The molecule has 0 N–H and O–H groups in total. The third kappa shape index (κ3) is 2.92. The molecule has 2 aromatic rings. The predicted molar refractivity (Wildman–Crippen MR) is 84.7 cm³/mol. The zero-order valence-electron chi connectivity index (χ0n) is 12.5. The van der Waals surface area contributed by atoms with Crippen LogP contribution in [0.3, 0.4) is 0 Å². The summed E-state index contributed by atoms with van der Waals surface area (Å²) in [6, 6.07) is 5.67. The van der Waals surface area contributed by atoms with Crippen LogP contribution in [0, 0.1) is 11.7 Å². The Morgan fingerprint density at radius 2 is 2.24 bits per heavy atom. The van der Waals surface area contributed by atoms with E-state index >= 15 is 0 Å². The topological polar surface area (TPSA) is 18.5 Å². The van der Waals surface area contributed by atoms with Crippen LogP contribution in [0.25, 0.3) is 10.1 Å². The van der Waals surface area contributed by atoms with Crippen molar-refractivity contribution in [3.05, 3.63) is 28.9 Å². The second-order valence-corrected chi connectivity index (χ2v) is 6.79. The zero-order valence-corrected chi connectivity index (χ0v) is 13.3. The van der Waals surface area contributed by atoms with Crippen LogP contribution >= 0.6 is 11.3 Å². The van der Waals surface area contributed by atoms with Gasteiger partial charge in [-0.05, 0) is 48.8 Å². The molecule has 1 aliphatic heterocycles. The van der Waals surface area contributed by atoms with E-state index in [1.807, 2.05) is 6.07 Å². The van der Waals surface area contributed by atoms with Crippen molar-refractivity contribution in [2.45, 2.75) is 38.7 Å². The van der Waals surface area contributed by atoms with Crippen LogP contribution in [0.4, 0.5) is 4.39 Å². The minimum Gasteiger partial charge on any atom is -0.494 e. The van der Waals surface area contributed by atoms with Gasteiger partial charge in [0.05, 0.1) is 24.5 Å². The summed E-state index contributed by atoms with van der Waals surface area (Å²) in [5.41, 5.74) is 0. The van der Waals surface area contributed by atoms with E-state index in [-0.39, 0.29) is 11.9 Å². The number of halogens is 1. The summed E-state index contributed by atoms with van der Waals surface area (Å²) in [6.45, 7) is 3.05. The molecule has 0 bridgehead atoms. The largest absolute Gasteiger partial charge is 0.494 e. The van der Waals surface area contributed by atoms with Gasteiger partial charge in [0.2, 0.25) is 0 Å². The molecule has 21 heavy (non-hydrogen) atoms. The van der Waals surface area contributed by atoms with Crippen molar-refractivity contribution in [3.8, 4) is 5.75 Å². The van der Waals surface area contributed by atoms with Crippen LogP contribution in [0.2, 0.25) is 0 Å². The molecule has 3 rings (SSSR count). The van der Waals surface area contributed by atoms with Crippen molar-refractivity contribution in [2.24, 2.45) is 5.92 Å². The Kier molecular flexibility index (Phi) is 4.45. The number of thiophene rings is 1. The minimum atomic E-state index is -0.258. The summed E-state index contributed by atoms with van der Waals surface area (Å²) >= 11 is 1.49. The van der Waals surface area contributed by atoms with Gasteiger partial charge in [0.15, 0.2) is 11.6 Å². The highest BCUT2D eigenvalue weighted by molar-refractivity contribution is 7.19. The Bertz CT molecular complexity index is 615. The van der Waals surface area contributed by atoms with Gasteiger partial charge in [0, 0.05) is 4.88 Å². The van der Waals surface area contributed by atoms with Gasteiger partial charge in [-0.1, -0.05) is 13.3 Å². The van der Waals surface area contributed by atoms with Crippen molar-refractivity contribution >= 4 is 21.4 Å². The quantitative estimate of drug-likeness (QED) is 0.761. The fraction of sp³-hybridized carbons (Fsp3) is 0.529. The normalized spacial score (nSPS) is 22.6. The molecule has 1 aromatic heterocycles. The number of hydrogen-bond donors (Lipinski definition) is 0. The summed E-state index contributed by atoms with van der Waals surface area (Å²) in [7, 11) is 1.50. The number of fused-ring (bicyclic) bond motifs is 1. The fourth-order valence-electron chi connectivity index (χ4n) is 3.05. The molecule has 0 aliphatic carbocycles. The molecule has 1 aliphatic rings. The monoisotopic (exact) mass is 308 g/mol. The summed E-state index contributed by atoms with van der Waals surface area (Å²) in [6.07, 6.45) is 4.83. The van der Waals surface area contributed by atoms with Crippen LogP contribution in [-0.2, 0) is 4.74 Å². The molecule has 0 saturated carbocycles. The van der Waals surface area contributed by atoms with Gasteiger partial charge in [-0.15, -0.1) is 11.3 Å². The lowest BCUT2D eigenvalue weighted by Crippen LogP contribution is -2.19. The smallest absolute Gasteiger partial charge is 0.182 e. The summed E-state index contributed by atoms with van der Waals surface area (Å²) in [4.78, 5) is 1.13. The average Bonchev–Trinajstić information content (AvgIpc) is 2.94. The van der Waals surface area contributed by atoms with Gasteiger partial charge >= 0.3 is 0 Å². The van der Waals surface area contributed by atoms with E-state index in [0.717, 1.165) is 23.3 Å². The molecule has 2 unspecified atom stereocenters. The highest BCUT2D eigenvalue weighted by atomic mass is 32.1. The van der Waals surface area contributed by atoms with Crippen molar-refractivity contribution in [1.29, 1.82) is 0 Å². The van der Waals surface area contributed by atoms with E-state index in [9.17, 15) is 4.39 Å². The highest BCUT2D eigenvalue weighted by Gasteiger charge is 2.24. The molecule has 2 nitrogen and oxygen atoms in total. The fourth-order valence-corrected chi connectivity index (χ4v) is 4.23. The third-order valence-electron chi connectivity index (χ3n) is 4.21. The van der Waals surface area contributed by atoms with Crippen LogP contribution < -0.4 is 4.74 Å². The third-order valence-corrected chi connectivity index (χ3v) is 5.45. The zero-order chi connectivity index (χ0) is 14.8. The Morgan fingerprint density at radius 1 is 1.38 bits per heavy atom. The first-order valence-electron chi connectivity index (χ1n) is 7.60. The molecule has 0 spiro atoms. The molecule has 2 atom stereocenters. The number of benzene rings is 1. The summed E-state index contributed by atoms with van der Waals surface area (Å²) in [5, 5.41) is 0.938. The number of ether oxygens (including phenoxy) is 2. The molecule has 0 amide bonds. The first-order valence-corrected chi connectivity index (χ1v) is 8.42. The SMILES string of the molecule is CCCC1CCC(c2cc3ccc(OC)c(F)c3s2)OC1. The first-order chi connectivity index (χ1) is 10.2. The first kappa shape index (κ1) is 14.8. The molecule has 4 heteroatoms. The van der Waals surface area contributed by atoms with Crippen LogP contribution in [0.15, 0.2) is 18.2 Å². The van der Waals surface area contributed by atoms with Crippen LogP contribution in [0.5, 0.6) is 5.75 Å². The second kappa shape index (κ2) is 6.32. The van der Waals surface area contributed by atoms with Crippen molar-refractivity contribution < 1.29 is 13.9 Å². The van der Waals surface area contributed by atoms with Gasteiger partial charge in [-0.25, -0.2) is 4.39 Å². The summed E-state index contributed by atoms with van der Waals surface area (Å²) < 4.78 is 26.0. The van der Waals surface area contributed by atoms with E-state index in [1.54, 1.807) is 6.07 Å². The maximum absolute atomic E-state index is 14.3. The van der Waals surface area contributed by atoms with Crippen molar-refractivity contribution in [1.82, 2.24) is 0 Å². The van der Waals surface area contributed by atoms with Crippen LogP contribution in [0.1, 0.15) is 43.6 Å². The standard InChI is InChI=1S/C17H21FO2S/c1-3-4-11-5-7-13(20-10-11)15-9-12-6-8-14(19-2)16(18)17(12)21-15/h6,8-9,11,13H,3-5,7,10H2,1-2H3. The van der Waals surface area contributed by atoms with Gasteiger partial charge in [0.25, 0.3) is 0 Å². The molecular weight excluding hydrogens is 287 g/mol. The number of hydrogen-bond acceptors (Lipinski definition) is 3. The highest BCUT2D eigenvalue weighted by Crippen LogP contribution is 2.40. The van der Waals surface area contributed by atoms with E-state index in [4.69, 9.17) is 9.47 Å². The van der Waals surface area contributed by atoms with Gasteiger partial charge in [0.1, 0.15) is 0 Å².